The highest BCUT2D eigenvalue weighted by atomic mass is 32.2. The van der Waals surface area contributed by atoms with Crippen LogP contribution in [0.25, 0.3) is 32.9 Å². The first-order valence-corrected chi connectivity index (χ1v) is 14.7. The van der Waals surface area contributed by atoms with Gasteiger partial charge in [0.05, 0.1) is 28.1 Å². The zero-order valence-electron chi connectivity index (χ0n) is 22.7. The summed E-state index contributed by atoms with van der Waals surface area (Å²) in [5.41, 5.74) is 3.51. The van der Waals surface area contributed by atoms with Crippen LogP contribution in [0.3, 0.4) is 0 Å². The lowest BCUT2D eigenvalue weighted by Crippen LogP contribution is -2.38. The monoisotopic (exact) mass is 590 g/mol. The van der Waals surface area contributed by atoms with E-state index >= 15 is 0 Å². The Morgan fingerprint density at radius 1 is 0.976 bits per heavy atom. The fraction of sp³-hybridized carbons (Fsp3) is 0.233. The number of para-hydroxylation sites is 1. The van der Waals surface area contributed by atoms with Gasteiger partial charge in [-0.25, -0.2) is 4.79 Å². The van der Waals surface area contributed by atoms with Crippen LogP contribution < -0.4 is 9.67 Å². The lowest BCUT2D eigenvalue weighted by Gasteiger charge is -2.19. The van der Waals surface area contributed by atoms with Crippen LogP contribution in [0.5, 0.6) is 0 Å². The number of aromatic nitrogens is 1. The highest BCUT2D eigenvalue weighted by Gasteiger charge is 2.33. The number of fused-ring (bicyclic) bond motifs is 2. The topological polar surface area (TPSA) is 162 Å². The zero-order valence-corrected chi connectivity index (χ0v) is 23.6. The number of pyridine rings is 1. The number of rotatable bonds is 8. The van der Waals surface area contributed by atoms with Gasteiger partial charge in [-0.15, -0.1) is 5.06 Å². The third-order valence-corrected chi connectivity index (χ3v) is 8.06. The predicted octanol–water partition coefficient (Wildman–Crippen LogP) is 2.43. The summed E-state index contributed by atoms with van der Waals surface area (Å²) in [7, 11) is -4.21. The van der Waals surface area contributed by atoms with E-state index < -0.39 is 39.6 Å². The largest absolute Gasteiger partial charge is 0.545 e. The normalized spacial score (nSPS) is 13.7. The molecule has 11 nitrogen and oxygen atoms in total. The van der Waals surface area contributed by atoms with Gasteiger partial charge in [0.1, 0.15) is 0 Å². The van der Waals surface area contributed by atoms with Gasteiger partial charge in [-0.05, 0) is 54.3 Å². The lowest BCUT2D eigenvalue weighted by molar-refractivity contribution is -0.645. The van der Waals surface area contributed by atoms with Gasteiger partial charge in [0.25, 0.3) is 21.9 Å². The molecule has 0 atom stereocenters. The quantitative estimate of drug-likeness (QED) is 0.141. The lowest BCUT2D eigenvalue weighted by atomic mass is 9.88. The molecular weight excluding hydrogens is 564 g/mol. The van der Waals surface area contributed by atoms with Gasteiger partial charge in [-0.1, -0.05) is 24.3 Å². The molecule has 216 valence electrons. The van der Waals surface area contributed by atoms with Gasteiger partial charge in [0, 0.05) is 37.0 Å². The number of hydrogen-bond donors (Lipinski definition) is 1. The van der Waals surface area contributed by atoms with E-state index in [2.05, 4.69) is 0 Å². The Morgan fingerprint density at radius 3 is 2.21 bits per heavy atom. The number of hydroxylamine groups is 2. The van der Waals surface area contributed by atoms with Crippen molar-refractivity contribution in [3.63, 3.8) is 0 Å². The third kappa shape index (κ3) is 5.33. The van der Waals surface area contributed by atoms with E-state index in [9.17, 15) is 37.3 Å². The van der Waals surface area contributed by atoms with Crippen LogP contribution in [-0.2, 0) is 31.1 Å². The Bertz CT molecular complexity index is 1890. The third-order valence-electron chi connectivity index (χ3n) is 7.25. The first-order chi connectivity index (χ1) is 19.9. The van der Waals surface area contributed by atoms with E-state index in [1.165, 1.54) is 12.1 Å². The molecule has 1 aromatic heterocycles. The first kappa shape index (κ1) is 28.8. The van der Waals surface area contributed by atoms with Gasteiger partial charge in [0.15, 0.2) is 6.54 Å². The van der Waals surface area contributed by atoms with Crippen molar-refractivity contribution < 1.29 is 46.7 Å². The summed E-state index contributed by atoms with van der Waals surface area (Å²) >= 11 is 0. The Kier molecular flexibility index (Phi) is 7.52. The number of aromatic carboxylic acids is 1. The van der Waals surface area contributed by atoms with Crippen LogP contribution in [-0.4, -0.2) is 47.5 Å². The zero-order chi connectivity index (χ0) is 30.3. The van der Waals surface area contributed by atoms with Crippen molar-refractivity contribution in [3.05, 3.63) is 76.9 Å². The predicted molar refractivity (Wildman–Crippen MR) is 148 cm³/mol. The van der Waals surface area contributed by atoms with Crippen LogP contribution in [0.4, 0.5) is 0 Å². The van der Waals surface area contributed by atoms with E-state index in [4.69, 9.17) is 4.84 Å². The maximum atomic E-state index is 12.8. The van der Waals surface area contributed by atoms with Crippen LogP contribution in [0.2, 0.25) is 0 Å². The van der Waals surface area contributed by atoms with E-state index in [-0.39, 0.29) is 36.9 Å². The fourth-order valence-corrected chi connectivity index (χ4v) is 6.07. The number of carbonyl (C=O) groups is 4. The standard InChI is InChI=1S/C30H26N2O9S/c1-17-15-19(30(37)41-32-24(33)11-12-25(32)34)16-18(2)26(17)21-8-5-10-23-27(21)28(29(35)36)20-7-3-4-9-22(20)31(23)13-6-14-42(38,39)40/h3-5,7-10,15-16H,6,11-14H2,1-2H3,(H-,35,36,38,39,40). The minimum absolute atomic E-state index is 0.0323. The maximum Gasteiger partial charge on any atom is 0.363 e. The summed E-state index contributed by atoms with van der Waals surface area (Å²) in [6.45, 7) is 3.65. The van der Waals surface area contributed by atoms with Gasteiger partial charge in [-0.3, -0.25) is 14.1 Å². The summed E-state index contributed by atoms with van der Waals surface area (Å²) in [6, 6.07) is 15.1. The number of amides is 2. The molecule has 3 aromatic carbocycles. The molecule has 1 aliphatic heterocycles. The second kappa shape index (κ2) is 11.0. The van der Waals surface area contributed by atoms with E-state index in [1.54, 1.807) is 56.3 Å². The molecule has 5 rings (SSSR count). The second-order valence-electron chi connectivity index (χ2n) is 10.1. The first-order valence-electron chi connectivity index (χ1n) is 13.1. The fourth-order valence-electron chi connectivity index (χ4n) is 5.58. The van der Waals surface area contributed by atoms with Crippen LogP contribution in [0.1, 0.15) is 51.1 Å². The molecule has 1 saturated heterocycles. The van der Waals surface area contributed by atoms with Gasteiger partial charge >= 0.3 is 5.97 Å². The number of carboxylic acids is 1. The van der Waals surface area contributed by atoms with Gasteiger partial charge in [0.2, 0.25) is 11.0 Å². The molecule has 2 heterocycles. The molecule has 1 N–H and O–H groups in total. The maximum absolute atomic E-state index is 12.8. The van der Waals surface area contributed by atoms with Crippen molar-refractivity contribution in [3.8, 4) is 11.1 Å². The van der Waals surface area contributed by atoms with Crippen LogP contribution >= 0.6 is 0 Å². The molecule has 1 aliphatic rings. The van der Waals surface area contributed by atoms with Crippen molar-refractivity contribution >= 4 is 55.7 Å². The second-order valence-corrected chi connectivity index (χ2v) is 11.7. The van der Waals surface area contributed by atoms with E-state index in [0.29, 0.717) is 49.1 Å². The Balaban J connectivity index is 1.69. The molecule has 0 aliphatic carbocycles. The molecular formula is C30H26N2O9S. The van der Waals surface area contributed by atoms with E-state index in [0.717, 1.165) is 0 Å². The van der Waals surface area contributed by atoms with Crippen molar-refractivity contribution in [1.82, 2.24) is 5.06 Å². The number of benzene rings is 3. The van der Waals surface area contributed by atoms with Crippen molar-refractivity contribution in [1.29, 1.82) is 0 Å². The molecule has 0 saturated carbocycles. The highest BCUT2D eigenvalue weighted by Crippen LogP contribution is 2.37. The average Bonchev–Trinajstić information content (AvgIpc) is 3.23. The molecule has 0 radical (unpaired) electrons. The SMILES string of the molecule is Cc1cc(C(=O)ON2C(=O)CCC2=O)cc(C)c1-c1cccc2c1c(C(=O)[O-])c1ccccc1[n+]2CCCS(=O)(=O)O. The molecule has 2 amide bonds. The minimum Gasteiger partial charge on any atom is -0.545 e. The molecule has 0 bridgehead atoms. The minimum atomic E-state index is -4.21. The number of hydrogen-bond acceptors (Lipinski definition) is 8. The highest BCUT2D eigenvalue weighted by molar-refractivity contribution is 7.85. The Labute approximate surface area is 240 Å². The van der Waals surface area contributed by atoms with Crippen molar-refractivity contribution in [2.45, 2.75) is 39.7 Å². The number of carboxylic acid groups (broad SMARTS) is 1. The van der Waals surface area contributed by atoms with Gasteiger partial charge < -0.3 is 14.7 Å². The average molecular weight is 591 g/mol. The Hall–Kier alpha value is -4.68. The Morgan fingerprint density at radius 2 is 1.60 bits per heavy atom. The summed E-state index contributed by atoms with van der Waals surface area (Å²) in [4.78, 5) is 54.4. The summed E-state index contributed by atoms with van der Waals surface area (Å²) < 4.78 is 33.9. The van der Waals surface area contributed by atoms with Gasteiger partial charge in [-0.2, -0.15) is 13.0 Å². The summed E-state index contributed by atoms with van der Waals surface area (Å²) in [6.07, 6.45) is 0.0132. The summed E-state index contributed by atoms with van der Waals surface area (Å²) in [5, 5.41) is 13.9. The molecule has 0 unspecified atom stereocenters. The molecule has 12 heteroatoms. The number of carbonyl (C=O) groups excluding carboxylic acids is 4. The number of nitrogens with zero attached hydrogens (tertiary/aromatic N) is 2. The summed E-state index contributed by atoms with van der Waals surface area (Å²) in [5.74, 6) is -3.94. The smallest absolute Gasteiger partial charge is 0.363 e. The van der Waals surface area contributed by atoms with Crippen molar-refractivity contribution in [2.75, 3.05) is 5.75 Å². The molecule has 0 spiro atoms. The molecule has 4 aromatic rings. The molecule has 1 fully saturated rings. The van der Waals surface area contributed by atoms with Crippen LogP contribution in [0.15, 0.2) is 54.6 Å². The number of imide groups is 1. The van der Waals surface area contributed by atoms with Crippen LogP contribution in [0, 0.1) is 13.8 Å². The van der Waals surface area contributed by atoms with E-state index in [1.807, 2.05) is 4.57 Å². The van der Waals surface area contributed by atoms with Crippen molar-refractivity contribution in [2.24, 2.45) is 0 Å². The molecule has 42 heavy (non-hydrogen) atoms. The number of aryl methyl sites for hydroxylation is 3.